The number of nitrogens with zero attached hydrogens (tertiary/aromatic N) is 3. The van der Waals surface area contributed by atoms with Gasteiger partial charge in [0.05, 0.1) is 11.4 Å². The van der Waals surface area contributed by atoms with E-state index in [1.807, 2.05) is 18.3 Å². The van der Waals surface area contributed by atoms with Crippen molar-refractivity contribution in [2.45, 2.75) is 70.4 Å². The van der Waals surface area contributed by atoms with Crippen LogP contribution in [0.2, 0.25) is 0 Å². The molecule has 3 aliphatic rings. The Balaban J connectivity index is 1.15. The summed E-state index contributed by atoms with van der Waals surface area (Å²) >= 11 is 0. The average molecular weight is 682 g/mol. The van der Waals surface area contributed by atoms with E-state index < -0.39 is 11.1 Å². The third kappa shape index (κ3) is 4.54. The van der Waals surface area contributed by atoms with Crippen molar-refractivity contribution >= 4 is 23.1 Å². The van der Waals surface area contributed by atoms with E-state index in [2.05, 4.69) is 169 Å². The molecule has 1 aromatic heterocycles. The van der Waals surface area contributed by atoms with Gasteiger partial charge in [-0.2, -0.15) is 0 Å². The van der Waals surface area contributed by atoms with Crippen LogP contribution in [0.15, 0.2) is 139 Å². The molecule has 5 aromatic carbocycles. The maximum Gasteiger partial charge on any atom is 0.217 e. The fourth-order valence-electron chi connectivity index (χ4n) is 8.92. The number of aromatic nitrogens is 1. The van der Waals surface area contributed by atoms with Crippen molar-refractivity contribution in [3.63, 3.8) is 0 Å². The number of aliphatic imine (C=N–C) groups is 1. The van der Waals surface area contributed by atoms with Crippen LogP contribution in [-0.2, 0) is 21.2 Å². The number of ether oxygens (including phenoxy) is 2. The van der Waals surface area contributed by atoms with Crippen molar-refractivity contribution in [2.75, 3.05) is 4.90 Å². The molecule has 0 radical (unpaired) electrons. The number of rotatable bonds is 5. The number of para-hydroxylation sites is 1. The van der Waals surface area contributed by atoms with Gasteiger partial charge in [-0.25, -0.2) is 9.98 Å². The lowest BCUT2D eigenvalue weighted by Crippen LogP contribution is -2.49. The number of fused-ring (bicyclic) bond motifs is 5. The van der Waals surface area contributed by atoms with Gasteiger partial charge >= 0.3 is 0 Å². The van der Waals surface area contributed by atoms with Crippen molar-refractivity contribution in [3.8, 4) is 22.6 Å². The molecule has 2 atom stereocenters. The zero-order valence-electron chi connectivity index (χ0n) is 30.9. The van der Waals surface area contributed by atoms with Gasteiger partial charge in [0.25, 0.3) is 0 Å². The minimum absolute atomic E-state index is 0.191. The third-order valence-electron chi connectivity index (χ3n) is 12.2. The van der Waals surface area contributed by atoms with E-state index in [0.29, 0.717) is 11.6 Å². The Kier molecular flexibility index (Phi) is 6.92. The molecule has 9 rings (SSSR count). The van der Waals surface area contributed by atoms with Gasteiger partial charge in [0.2, 0.25) is 5.90 Å². The topological polar surface area (TPSA) is 47.0 Å². The Morgan fingerprint density at radius 3 is 2.04 bits per heavy atom. The summed E-state index contributed by atoms with van der Waals surface area (Å²) < 4.78 is 13.9. The first-order chi connectivity index (χ1) is 24.9. The second kappa shape index (κ2) is 11.2. The van der Waals surface area contributed by atoms with Crippen LogP contribution in [0.4, 0.5) is 17.2 Å². The second-order valence-corrected chi connectivity index (χ2v) is 15.9. The van der Waals surface area contributed by atoms with Crippen LogP contribution in [0.25, 0.3) is 11.1 Å². The fraction of sp³-hybridized carbons (Fsp3) is 0.234. The molecule has 0 N–H and O–H groups in total. The lowest BCUT2D eigenvalue weighted by atomic mass is 9.69. The minimum Gasteiger partial charge on any atom is -0.464 e. The molecule has 0 amide bonds. The first kappa shape index (κ1) is 32.2. The normalized spacial score (nSPS) is 21.7. The van der Waals surface area contributed by atoms with E-state index in [0.717, 1.165) is 45.2 Å². The molecule has 0 fully saturated rings. The molecular formula is C47H43N3O2. The molecule has 0 spiro atoms. The third-order valence-corrected chi connectivity index (χ3v) is 12.2. The molecule has 2 aliphatic heterocycles. The van der Waals surface area contributed by atoms with Crippen molar-refractivity contribution < 1.29 is 9.47 Å². The molecular weight excluding hydrogens is 639 g/mol. The first-order valence-electron chi connectivity index (χ1n) is 18.2. The van der Waals surface area contributed by atoms with E-state index in [4.69, 9.17) is 19.5 Å². The predicted molar refractivity (Wildman–Crippen MR) is 211 cm³/mol. The first-order valence-corrected chi connectivity index (χ1v) is 18.2. The van der Waals surface area contributed by atoms with Crippen molar-refractivity contribution in [1.29, 1.82) is 0 Å². The van der Waals surface area contributed by atoms with Gasteiger partial charge in [0.1, 0.15) is 22.9 Å². The van der Waals surface area contributed by atoms with Gasteiger partial charge in [0.15, 0.2) is 5.60 Å². The lowest BCUT2D eigenvalue weighted by Gasteiger charge is -2.41. The smallest absolute Gasteiger partial charge is 0.217 e. The largest absolute Gasteiger partial charge is 0.464 e. The second-order valence-electron chi connectivity index (χ2n) is 15.9. The van der Waals surface area contributed by atoms with Crippen LogP contribution in [0.5, 0.6) is 11.5 Å². The summed E-state index contributed by atoms with van der Waals surface area (Å²) in [5, 5.41) is 0. The highest BCUT2D eigenvalue weighted by Crippen LogP contribution is 2.62. The molecule has 258 valence electrons. The maximum atomic E-state index is 7.00. The molecule has 0 bridgehead atoms. The molecule has 3 heterocycles. The standard InChI is InChI=1S/C47H43N3O2/c1-30-24-34(50-41-22-14-13-20-39(41)44(2,3)40-21-15-23-48-42(40)50)29-35(25-30)51-36-27-32(31-16-9-8-10-17-31)26-33(28-36)43-49-47(7)45(4,5)37-18-11-12-19-38(37)46(47,6)52-43/h8-29H,1-7H3/t46-,47+/m0/s1. The van der Waals surface area contributed by atoms with Crippen LogP contribution in [-0.4, -0.2) is 16.4 Å². The van der Waals surface area contributed by atoms with E-state index in [1.54, 1.807) is 0 Å². The molecule has 1 aliphatic carbocycles. The number of aryl methyl sites for hydroxylation is 1. The van der Waals surface area contributed by atoms with Gasteiger partial charge in [0, 0.05) is 39.8 Å². The molecule has 0 saturated carbocycles. The summed E-state index contributed by atoms with van der Waals surface area (Å²) in [5.74, 6) is 3.02. The van der Waals surface area contributed by atoms with Crippen LogP contribution in [0.3, 0.4) is 0 Å². The summed E-state index contributed by atoms with van der Waals surface area (Å²) in [6, 6.07) is 44.7. The summed E-state index contributed by atoms with van der Waals surface area (Å²) in [7, 11) is 0. The van der Waals surface area contributed by atoms with E-state index in [1.165, 1.54) is 22.3 Å². The maximum absolute atomic E-state index is 7.00. The highest BCUT2D eigenvalue weighted by molar-refractivity contribution is 5.98. The van der Waals surface area contributed by atoms with Crippen molar-refractivity contribution in [2.24, 2.45) is 4.99 Å². The van der Waals surface area contributed by atoms with Crippen LogP contribution < -0.4 is 9.64 Å². The summed E-state index contributed by atoms with van der Waals surface area (Å²) in [6.07, 6.45) is 1.88. The molecule has 5 nitrogen and oxygen atoms in total. The Bertz CT molecular complexity index is 2380. The van der Waals surface area contributed by atoms with E-state index in [-0.39, 0.29) is 10.8 Å². The number of hydrogen-bond donors (Lipinski definition) is 0. The number of anilines is 3. The van der Waals surface area contributed by atoms with E-state index in [9.17, 15) is 0 Å². The number of pyridine rings is 1. The number of benzene rings is 5. The monoisotopic (exact) mass is 681 g/mol. The zero-order chi connectivity index (χ0) is 36.0. The van der Waals surface area contributed by atoms with Crippen molar-refractivity contribution in [3.05, 3.63) is 167 Å². The Morgan fingerprint density at radius 1 is 0.596 bits per heavy atom. The summed E-state index contributed by atoms with van der Waals surface area (Å²) in [4.78, 5) is 12.6. The minimum atomic E-state index is -0.610. The van der Waals surface area contributed by atoms with Crippen LogP contribution in [0.1, 0.15) is 74.9 Å². The van der Waals surface area contributed by atoms with Crippen LogP contribution >= 0.6 is 0 Å². The quantitative estimate of drug-likeness (QED) is 0.182. The highest BCUT2D eigenvalue weighted by Gasteiger charge is 2.67. The van der Waals surface area contributed by atoms with Gasteiger partial charge in [-0.05, 0) is 91.1 Å². The van der Waals surface area contributed by atoms with E-state index >= 15 is 0 Å². The summed E-state index contributed by atoms with van der Waals surface area (Å²) in [6.45, 7) is 15.7. The van der Waals surface area contributed by atoms with Crippen LogP contribution in [0, 0.1) is 6.92 Å². The van der Waals surface area contributed by atoms with Gasteiger partial charge in [-0.1, -0.05) is 107 Å². The SMILES string of the molecule is Cc1cc(Oc2cc(C3=N[C@]4(C)C(C)(C)c5ccccc5[C@]4(C)O3)cc(-c3ccccc3)c2)cc(N2c3ccccc3C(C)(C)c3cccnc32)c1. The zero-order valence-corrected chi connectivity index (χ0v) is 30.9. The molecule has 5 heteroatoms. The van der Waals surface area contributed by atoms with Gasteiger partial charge in [-0.15, -0.1) is 0 Å². The molecule has 6 aromatic rings. The fourth-order valence-corrected chi connectivity index (χ4v) is 8.92. The Labute approximate surface area is 306 Å². The number of hydrogen-bond acceptors (Lipinski definition) is 5. The van der Waals surface area contributed by atoms with Gasteiger partial charge < -0.3 is 9.47 Å². The average Bonchev–Trinajstić information content (AvgIpc) is 3.50. The lowest BCUT2D eigenvalue weighted by molar-refractivity contribution is 0.0192. The Morgan fingerprint density at radius 2 is 1.25 bits per heavy atom. The molecule has 0 saturated heterocycles. The molecule has 0 unspecified atom stereocenters. The summed E-state index contributed by atoms with van der Waals surface area (Å²) in [5.41, 5.74) is 9.62. The predicted octanol–water partition coefficient (Wildman–Crippen LogP) is 11.7. The van der Waals surface area contributed by atoms with Gasteiger partial charge in [-0.3, -0.25) is 4.90 Å². The highest BCUT2D eigenvalue weighted by atomic mass is 16.5. The molecule has 52 heavy (non-hydrogen) atoms. The van der Waals surface area contributed by atoms with Crippen molar-refractivity contribution in [1.82, 2.24) is 4.98 Å². The Hall–Kier alpha value is -5.68.